The maximum Gasteiger partial charge on any atom is 0.0198 e. The largest absolute Gasteiger partial charge is 0.312 e. The number of nitrogens with one attached hydrogen (secondary N) is 1. The van der Waals surface area contributed by atoms with Crippen LogP contribution in [0.15, 0.2) is 0 Å². The van der Waals surface area contributed by atoms with Gasteiger partial charge in [-0.2, -0.15) is 0 Å². The smallest absolute Gasteiger partial charge is 0.0198 e. The summed E-state index contributed by atoms with van der Waals surface area (Å²) in [6.07, 6.45) is 13.4. The second-order valence-electron chi connectivity index (χ2n) is 8.76. The Bertz CT molecular complexity index is 347. The van der Waals surface area contributed by atoms with E-state index in [1.54, 1.807) is 0 Å². The summed E-state index contributed by atoms with van der Waals surface area (Å²) in [5, 5.41) is 3.95. The lowest BCUT2D eigenvalue weighted by Gasteiger charge is -2.49. The first kappa shape index (κ1) is 14.5. The van der Waals surface area contributed by atoms with Crippen molar-refractivity contribution in [3.8, 4) is 0 Å². The summed E-state index contributed by atoms with van der Waals surface area (Å²) in [4.78, 5) is 2.88. The molecular weight excluding hydrogens is 256 g/mol. The Balaban J connectivity index is 1.32. The molecule has 0 aromatic carbocycles. The molecule has 1 N–H and O–H groups in total. The van der Waals surface area contributed by atoms with E-state index < -0.39 is 0 Å². The molecule has 4 aliphatic rings. The summed E-state index contributed by atoms with van der Waals surface area (Å²) in [6, 6.07) is 1.70. The van der Waals surface area contributed by atoms with E-state index in [4.69, 9.17) is 0 Å². The molecule has 3 saturated carbocycles. The maximum atomic E-state index is 3.95. The molecular formula is C19H34N2. The third kappa shape index (κ3) is 3.47. The summed E-state index contributed by atoms with van der Waals surface area (Å²) in [6.45, 7) is 6.51. The van der Waals surface area contributed by atoms with Gasteiger partial charge in [0, 0.05) is 25.2 Å². The van der Waals surface area contributed by atoms with Crippen LogP contribution in [-0.2, 0) is 0 Å². The molecule has 1 heterocycles. The predicted molar refractivity (Wildman–Crippen MR) is 88.3 cm³/mol. The molecule has 1 saturated heterocycles. The standard InChI is InChI=1S/C19H34N2/c1-14-5-8-19(14)21-12-17(9-15-6-7-15)10-18(13-21)20-11-16-3-2-4-16/h14-20H,2-13H2,1H3. The summed E-state index contributed by atoms with van der Waals surface area (Å²) in [5.41, 5.74) is 0. The van der Waals surface area contributed by atoms with E-state index >= 15 is 0 Å². The van der Waals surface area contributed by atoms with E-state index in [9.17, 15) is 0 Å². The minimum atomic E-state index is 0.788. The minimum Gasteiger partial charge on any atom is -0.312 e. The van der Waals surface area contributed by atoms with Crippen molar-refractivity contribution in [2.75, 3.05) is 19.6 Å². The summed E-state index contributed by atoms with van der Waals surface area (Å²) in [7, 11) is 0. The number of rotatable bonds is 6. The van der Waals surface area contributed by atoms with Crippen LogP contribution in [0.4, 0.5) is 0 Å². The Kier molecular flexibility index (Phi) is 4.28. The average molecular weight is 290 g/mol. The summed E-state index contributed by atoms with van der Waals surface area (Å²) in [5.74, 6) is 4.04. The highest BCUT2D eigenvalue weighted by molar-refractivity contribution is 4.94. The molecule has 4 unspecified atom stereocenters. The first-order chi connectivity index (χ1) is 10.3. The molecule has 21 heavy (non-hydrogen) atoms. The fraction of sp³-hybridized carbons (Fsp3) is 1.00. The van der Waals surface area contributed by atoms with Gasteiger partial charge in [-0.05, 0) is 68.7 Å². The van der Waals surface area contributed by atoms with Crippen LogP contribution in [0.5, 0.6) is 0 Å². The van der Waals surface area contributed by atoms with Gasteiger partial charge in [-0.15, -0.1) is 0 Å². The van der Waals surface area contributed by atoms with E-state index in [0.29, 0.717) is 0 Å². The number of hydrogen-bond acceptors (Lipinski definition) is 2. The highest BCUT2D eigenvalue weighted by Gasteiger charge is 2.39. The van der Waals surface area contributed by atoms with E-state index in [2.05, 4.69) is 17.1 Å². The second kappa shape index (κ2) is 6.20. The Hall–Kier alpha value is -0.0800. The van der Waals surface area contributed by atoms with Crippen molar-refractivity contribution < 1.29 is 0 Å². The molecule has 0 radical (unpaired) electrons. The van der Waals surface area contributed by atoms with Gasteiger partial charge in [-0.25, -0.2) is 0 Å². The zero-order valence-electron chi connectivity index (χ0n) is 13.9. The average Bonchev–Trinajstić information content (AvgIpc) is 3.19. The zero-order valence-corrected chi connectivity index (χ0v) is 13.9. The van der Waals surface area contributed by atoms with Crippen molar-refractivity contribution >= 4 is 0 Å². The topological polar surface area (TPSA) is 15.3 Å². The van der Waals surface area contributed by atoms with Crippen LogP contribution >= 0.6 is 0 Å². The van der Waals surface area contributed by atoms with Crippen molar-refractivity contribution in [3.63, 3.8) is 0 Å². The van der Waals surface area contributed by atoms with Gasteiger partial charge in [0.15, 0.2) is 0 Å². The molecule has 0 amide bonds. The summed E-state index contributed by atoms with van der Waals surface area (Å²) < 4.78 is 0. The molecule has 3 aliphatic carbocycles. The fourth-order valence-corrected chi connectivity index (χ4v) is 4.88. The number of nitrogens with zero attached hydrogens (tertiary/aromatic N) is 1. The van der Waals surface area contributed by atoms with Crippen molar-refractivity contribution in [2.24, 2.45) is 23.7 Å². The lowest BCUT2D eigenvalue weighted by atomic mass is 9.77. The molecule has 4 fully saturated rings. The molecule has 0 aromatic heterocycles. The Labute approximate surface area is 131 Å². The lowest BCUT2D eigenvalue weighted by molar-refractivity contribution is 0.0189. The summed E-state index contributed by atoms with van der Waals surface area (Å²) >= 11 is 0. The number of likely N-dealkylation sites (tertiary alicyclic amines) is 1. The van der Waals surface area contributed by atoms with Crippen LogP contribution in [0, 0.1) is 23.7 Å². The van der Waals surface area contributed by atoms with Crippen LogP contribution < -0.4 is 5.32 Å². The Morgan fingerprint density at radius 3 is 2.33 bits per heavy atom. The van der Waals surface area contributed by atoms with Crippen LogP contribution in [0.1, 0.15) is 64.7 Å². The van der Waals surface area contributed by atoms with E-state index in [0.717, 1.165) is 35.8 Å². The first-order valence-corrected chi connectivity index (χ1v) is 9.75. The normalized spacial score (nSPS) is 41.6. The highest BCUT2D eigenvalue weighted by atomic mass is 15.2. The molecule has 2 nitrogen and oxygen atoms in total. The number of piperidine rings is 1. The highest BCUT2D eigenvalue weighted by Crippen LogP contribution is 2.40. The lowest BCUT2D eigenvalue weighted by Crippen LogP contribution is -2.57. The zero-order chi connectivity index (χ0) is 14.2. The molecule has 0 spiro atoms. The third-order valence-corrected chi connectivity index (χ3v) is 6.89. The van der Waals surface area contributed by atoms with Crippen LogP contribution in [0.25, 0.3) is 0 Å². The Morgan fingerprint density at radius 1 is 0.905 bits per heavy atom. The second-order valence-corrected chi connectivity index (χ2v) is 8.76. The van der Waals surface area contributed by atoms with E-state index in [1.165, 1.54) is 77.4 Å². The fourth-order valence-electron chi connectivity index (χ4n) is 4.88. The molecule has 4 rings (SSSR count). The van der Waals surface area contributed by atoms with E-state index in [-0.39, 0.29) is 0 Å². The van der Waals surface area contributed by atoms with Gasteiger partial charge in [0.2, 0.25) is 0 Å². The quantitative estimate of drug-likeness (QED) is 0.803. The monoisotopic (exact) mass is 290 g/mol. The van der Waals surface area contributed by atoms with Crippen LogP contribution in [-0.4, -0.2) is 36.6 Å². The van der Waals surface area contributed by atoms with Gasteiger partial charge < -0.3 is 5.32 Å². The van der Waals surface area contributed by atoms with Gasteiger partial charge in [-0.1, -0.05) is 26.2 Å². The maximum absolute atomic E-state index is 3.95. The SMILES string of the molecule is CC1CCC1N1CC(CC2CC2)CC(NCC2CCC2)C1. The van der Waals surface area contributed by atoms with Gasteiger partial charge >= 0.3 is 0 Å². The van der Waals surface area contributed by atoms with Gasteiger partial charge in [0.1, 0.15) is 0 Å². The molecule has 2 heteroatoms. The number of hydrogen-bond donors (Lipinski definition) is 1. The predicted octanol–water partition coefficient (Wildman–Crippen LogP) is 3.67. The van der Waals surface area contributed by atoms with Gasteiger partial charge in [-0.3, -0.25) is 4.90 Å². The molecule has 120 valence electrons. The van der Waals surface area contributed by atoms with Gasteiger partial charge in [0.25, 0.3) is 0 Å². The molecule has 4 atom stereocenters. The molecule has 0 aromatic rings. The minimum absolute atomic E-state index is 0.788. The van der Waals surface area contributed by atoms with Gasteiger partial charge in [0.05, 0.1) is 0 Å². The molecule has 0 bridgehead atoms. The van der Waals surface area contributed by atoms with Crippen molar-refractivity contribution in [1.82, 2.24) is 10.2 Å². The van der Waals surface area contributed by atoms with Crippen LogP contribution in [0.3, 0.4) is 0 Å². The first-order valence-electron chi connectivity index (χ1n) is 9.75. The molecule has 1 aliphatic heterocycles. The van der Waals surface area contributed by atoms with Crippen molar-refractivity contribution in [2.45, 2.75) is 76.8 Å². The van der Waals surface area contributed by atoms with Crippen LogP contribution in [0.2, 0.25) is 0 Å². The Morgan fingerprint density at radius 2 is 1.76 bits per heavy atom. The van der Waals surface area contributed by atoms with E-state index in [1.807, 2.05) is 0 Å². The van der Waals surface area contributed by atoms with Crippen molar-refractivity contribution in [1.29, 1.82) is 0 Å². The van der Waals surface area contributed by atoms with Crippen molar-refractivity contribution in [3.05, 3.63) is 0 Å². The third-order valence-electron chi connectivity index (χ3n) is 6.89.